The molecule has 0 fully saturated rings. The van der Waals surface area contributed by atoms with Crippen molar-refractivity contribution in [3.63, 3.8) is 0 Å². The van der Waals surface area contributed by atoms with Gasteiger partial charge in [0.2, 0.25) is 6.29 Å². The van der Waals surface area contributed by atoms with Crippen LogP contribution < -0.4 is 0 Å². The molecule has 4 heteroatoms. The van der Waals surface area contributed by atoms with Gasteiger partial charge in [-0.2, -0.15) is 0 Å². The summed E-state index contributed by atoms with van der Waals surface area (Å²) in [6.45, 7) is 1.68. The molecule has 0 saturated carbocycles. The quantitative estimate of drug-likeness (QED) is 0.563. The third-order valence-electron chi connectivity index (χ3n) is 1.37. The summed E-state index contributed by atoms with van der Waals surface area (Å²) < 4.78 is 9.67. The van der Waals surface area contributed by atoms with Crippen molar-refractivity contribution in [1.29, 1.82) is 0 Å². The summed E-state index contributed by atoms with van der Waals surface area (Å²) in [5, 5.41) is 0. The highest BCUT2D eigenvalue weighted by Crippen LogP contribution is 2.04. The van der Waals surface area contributed by atoms with Crippen LogP contribution in [0.4, 0.5) is 0 Å². The first kappa shape index (κ1) is 8.93. The van der Waals surface area contributed by atoms with E-state index in [0.29, 0.717) is 6.42 Å². The molecule has 0 amide bonds. The van der Waals surface area contributed by atoms with Gasteiger partial charge in [0.15, 0.2) is 5.78 Å². The monoisotopic (exact) mass is 170 g/mol. The van der Waals surface area contributed by atoms with Crippen LogP contribution in [0.3, 0.4) is 0 Å². The average molecular weight is 170 g/mol. The standard InChI is InChI=1S/C8H10O4/c1-2-7(10)12-8-4-3-6(9)5-11-8/h3-4,8H,2,5H2,1H3. The minimum Gasteiger partial charge on any atom is -0.432 e. The molecular weight excluding hydrogens is 160 g/mol. The van der Waals surface area contributed by atoms with E-state index in [1.165, 1.54) is 12.2 Å². The maximum atomic E-state index is 10.7. The first-order valence-electron chi connectivity index (χ1n) is 3.74. The number of hydrogen-bond donors (Lipinski definition) is 0. The second-order valence-electron chi connectivity index (χ2n) is 2.35. The van der Waals surface area contributed by atoms with Crippen molar-refractivity contribution < 1.29 is 19.1 Å². The molecule has 4 nitrogen and oxygen atoms in total. The van der Waals surface area contributed by atoms with E-state index in [-0.39, 0.29) is 18.4 Å². The van der Waals surface area contributed by atoms with E-state index in [1.807, 2.05) is 0 Å². The van der Waals surface area contributed by atoms with Crippen LogP contribution in [0.2, 0.25) is 0 Å². The Morgan fingerprint density at radius 1 is 1.83 bits per heavy atom. The van der Waals surface area contributed by atoms with Crippen molar-refractivity contribution >= 4 is 11.8 Å². The summed E-state index contributed by atoms with van der Waals surface area (Å²) in [7, 11) is 0. The predicted molar refractivity (Wildman–Crippen MR) is 40.3 cm³/mol. The van der Waals surface area contributed by atoms with Crippen LogP contribution in [0.1, 0.15) is 13.3 Å². The van der Waals surface area contributed by atoms with Gasteiger partial charge in [0.1, 0.15) is 6.61 Å². The Kier molecular flexibility index (Phi) is 2.99. The van der Waals surface area contributed by atoms with Gasteiger partial charge in [-0.15, -0.1) is 0 Å². The van der Waals surface area contributed by atoms with Crippen LogP contribution in [0.15, 0.2) is 12.2 Å². The number of carbonyl (C=O) groups is 2. The highest BCUT2D eigenvalue weighted by molar-refractivity contribution is 5.91. The van der Waals surface area contributed by atoms with Crippen molar-refractivity contribution in [2.75, 3.05) is 6.61 Å². The minimum absolute atomic E-state index is 0.0157. The maximum Gasteiger partial charge on any atom is 0.308 e. The van der Waals surface area contributed by atoms with Gasteiger partial charge in [-0.3, -0.25) is 9.59 Å². The fourth-order valence-corrected chi connectivity index (χ4v) is 0.740. The molecule has 66 valence electrons. The van der Waals surface area contributed by atoms with Crippen molar-refractivity contribution in [3.8, 4) is 0 Å². The normalized spacial score (nSPS) is 22.4. The first-order valence-corrected chi connectivity index (χ1v) is 3.74. The molecule has 1 aliphatic heterocycles. The third kappa shape index (κ3) is 2.47. The molecule has 0 aromatic rings. The molecule has 12 heavy (non-hydrogen) atoms. The van der Waals surface area contributed by atoms with Gasteiger partial charge < -0.3 is 9.47 Å². The number of carbonyl (C=O) groups excluding carboxylic acids is 2. The number of rotatable bonds is 2. The Hall–Kier alpha value is -1.16. The Bertz CT molecular complexity index is 219. The van der Waals surface area contributed by atoms with Gasteiger partial charge in [-0.25, -0.2) is 0 Å². The zero-order chi connectivity index (χ0) is 8.97. The predicted octanol–water partition coefficient (Wildman–Crippen LogP) is 0.421. The summed E-state index contributed by atoms with van der Waals surface area (Å²) in [5.41, 5.74) is 0. The van der Waals surface area contributed by atoms with E-state index in [2.05, 4.69) is 0 Å². The van der Waals surface area contributed by atoms with Crippen LogP contribution in [-0.2, 0) is 19.1 Å². The second kappa shape index (κ2) is 4.01. The third-order valence-corrected chi connectivity index (χ3v) is 1.37. The SMILES string of the molecule is CCC(=O)OC1C=CC(=O)CO1. The number of esters is 1. The van der Waals surface area contributed by atoms with Crippen LogP contribution in [0.25, 0.3) is 0 Å². The zero-order valence-corrected chi connectivity index (χ0v) is 6.78. The lowest BCUT2D eigenvalue weighted by Crippen LogP contribution is -2.25. The van der Waals surface area contributed by atoms with Gasteiger partial charge >= 0.3 is 5.97 Å². The molecule has 0 spiro atoms. The summed E-state index contributed by atoms with van der Waals surface area (Å²) in [6.07, 6.45) is 2.41. The molecule has 1 rings (SSSR count). The lowest BCUT2D eigenvalue weighted by molar-refractivity contribution is -0.171. The molecule has 0 aromatic heterocycles. The summed E-state index contributed by atoms with van der Waals surface area (Å²) in [5.74, 6) is -0.446. The van der Waals surface area contributed by atoms with Crippen LogP contribution in [-0.4, -0.2) is 24.6 Å². The van der Waals surface area contributed by atoms with E-state index in [9.17, 15) is 9.59 Å². The van der Waals surface area contributed by atoms with Gasteiger partial charge in [-0.05, 0) is 12.2 Å². The largest absolute Gasteiger partial charge is 0.432 e. The maximum absolute atomic E-state index is 10.7. The molecule has 1 atom stereocenters. The smallest absolute Gasteiger partial charge is 0.308 e. The van der Waals surface area contributed by atoms with E-state index in [4.69, 9.17) is 9.47 Å². The fourth-order valence-electron chi connectivity index (χ4n) is 0.740. The Labute approximate surface area is 70.1 Å². The zero-order valence-electron chi connectivity index (χ0n) is 6.78. The lowest BCUT2D eigenvalue weighted by Gasteiger charge is -2.16. The molecule has 0 N–H and O–H groups in total. The average Bonchev–Trinajstić information content (AvgIpc) is 2.09. The highest BCUT2D eigenvalue weighted by atomic mass is 16.7. The highest BCUT2D eigenvalue weighted by Gasteiger charge is 2.15. The molecular formula is C8H10O4. The van der Waals surface area contributed by atoms with E-state index >= 15 is 0 Å². The van der Waals surface area contributed by atoms with Crippen molar-refractivity contribution in [1.82, 2.24) is 0 Å². The van der Waals surface area contributed by atoms with Gasteiger partial charge in [0.25, 0.3) is 0 Å². The van der Waals surface area contributed by atoms with E-state index in [0.717, 1.165) is 0 Å². The molecule has 0 aromatic carbocycles. The molecule has 0 aliphatic carbocycles. The Balaban J connectivity index is 2.40. The molecule has 1 heterocycles. The van der Waals surface area contributed by atoms with Crippen molar-refractivity contribution in [2.45, 2.75) is 19.6 Å². The van der Waals surface area contributed by atoms with Gasteiger partial charge in [0, 0.05) is 6.42 Å². The molecule has 0 radical (unpaired) electrons. The van der Waals surface area contributed by atoms with Crippen molar-refractivity contribution in [2.24, 2.45) is 0 Å². The first-order chi connectivity index (χ1) is 5.72. The summed E-state index contributed by atoms with van der Waals surface area (Å²) in [6, 6.07) is 0. The van der Waals surface area contributed by atoms with E-state index < -0.39 is 6.29 Å². The Morgan fingerprint density at radius 3 is 3.08 bits per heavy atom. The van der Waals surface area contributed by atoms with E-state index in [1.54, 1.807) is 6.92 Å². The second-order valence-corrected chi connectivity index (χ2v) is 2.35. The van der Waals surface area contributed by atoms with Crippen molar-refractivity contribution in [3.05, 3.63) is 12.2 Å². The fraction of sp³-hybridized carbons (Fsp3) is 0.500. The van der Waals surface area contributed by atoms with Gasteiger partial charge in [-0.1, -0.05) is 6.92 Å². The number of hydrogen-bond acceptors (Lipinski definition) is 4. The van der Waals surface area contributed by atoms with Crippen LogP contribution >= 0.6 is 0 Å². The van der Waals surface area contributed by atoms with Crippen LogP contribution in [0.5, 0.6) is 0 Å². The molecule has 0 saturated heterocycles. The topological polar surface area (TPSA) is 52.6 Å². The minimum atomic E-state index is -0.685. The lowest BCUT2D eigenvalue weighted by atomic mass is 10.3. The van der Waals surface area contributed by atoms with Crippen LogP contribution in [0, 0.1) is 0 Å². The molecule has 1 unspecified atom stereocenters. The van der Waals surface area contributed by atoms with Gasteiger partial charge in [0.05, 0.1) is 0 Å². The summed E-state index contributed by atoms with van der Waals surface area (Å²) in [4.78, 5) is 21.4. The number of ketones is 1. The molecule has 0 bridgehead atoms. The Morgan fingerprint density at radius 2 is 2.58 bits per heavy atom. The summed E-state index contributed by atoms with van der Waals surface area (Å²) >= 11 is 0. The molecule has 1 aliphatic rings. The number of ether oxygens (including phenoxy) is 2.